The predicted octanol–water partition coefficient (Wildman–Crippen LogP) is 5.27. The van der Waals surface area contributed by atoms with Crippen LogP contribution in [0.1, 0.15) is 44.5 Å². The second-order valence-corrected chi connectivity index (χ2v) is 5.68. The first kappa shape index (κ1) is 30.2. The lowest BCUT2D eigenvalue weighted by Crippen LogP contribution is -2.01. The molecular formula is C25H41N5O. The summed E-state index contributed by atoms with van der Waals surface area (Å²) in [6.45, 7) is 12.1. The summed E-state index contributed by atoms with van der Waals surface area (Å²) in [5.41, 5.74) is 14.8. The van der Waals surface area contributed by atoms with Crippen molar-refractivity contribution in [3.63, 3.8) is 0 Å². The molecule has 0 radical (unpaired) electrons. The summed E-state index contributed by atoms with van der Waals surface area (Å²) in [6.07, 6.45) is 2.25. The molecule has 6 N–H and O–H groups in total. The third-order valence-electron chi connectivity index (χ3n) is 3.57. The smallest absolute Gasteiger partial charge is 0.227 e. The molecule has 1 heterocycles. The van der Waals surface area contributed by atoms with E-state index in [1.165, 1.54) is 12.6 Å². The SMILES string of the molecule is CC.CC.CN.Cc1ccccc1.Cc1nc(Nc2ccc(CCO)cc2)ncc1N. The van der Waals surface area contributed by atoms with E-state index in [0.717, 1.165) is 16.9 Å². The second-order valence-electron chi connectivity index (χ2n) is 5.68. The van der Waals surface area contributed by atoms with Crippen LogP contribution in [0, 0.1) is 13.8 Å². The van der Waals surface area contributed by atoms with Crippen LogP contribution in [0.2, 0.25) is 0 Å². The highest BCUT2D eigenvalue weighted by atomic mass is 16.2. The number of hydrogen-bond donors (Lipinski definition) is 4. The molecular weight excluding hydrogens is 386 g/mol. The number of nitrogens with two attached hydrogens (primary N) is 2. The first-order valence-corrected chi connectivity index (χ1v) is 10.7. The van der Waals surface area contributed by atoms with Gasteiger partial charge >= 0.3 is 0 Å². The number of hydrogen-bond acceptors (Lipinski definition) is 6. The minimum Gasteiger partial charge on any atom is -0.396 e. The van der Waals surface area contributed by atoms with Crippen LogP contribution in [0.15, 0.2) is 60.8 Å². The molecule has 0 amide bonds. The fraction of sp³-hybridized carbons (Fsp3) is 0.360. The van der Waals surface area contributed by atoms with Crippen molar-refractivity contribution in [2.75, 3.05) is 24.7 Å². The van der Waals surface area contributed by atoms with E-state index in [9.17, 15) is 0 Å². The molecule has 0 bridgehead atoms. The normalized spacial score (nSPS) is 8.55. The first-order valence-electron chi connectivity index (χ1n) is 10.7. The number of aryl methyl sites for hydroxylation is 2. The average Bonchev–Trinajstić information content (AvgIpc) is 2.83. The summed E-state index contributed by atoms with van der Waals surface area (Å²) in [4.78, 5) is 8.35. The van der Waals surface area contributed by atoms with Crippen molar-refractivity contribution < 1.29 is 5.11 Å². The van der Waals surface area contributed by atoms with Crippen LogP contribution in [0.25, 0.3) is 0 Å². The summed E-state index contributed by atoms with van der Waals surface area (Å²) < 4.78 is 0. The number of aliphatic hydroxyl groups excluding tert-OH is 1. The lowest BCUT2D eigenvalue weighted by Gasteiger charge is -2.07. The Balaban J connectivity index is 0. The van der Waals surface area contributed by atoms with Crippen LogP contribution in [-0.4, -0.2) is 28.7 Å². The van der Waals surface area contributed by atoms with Crippen molar-refractivity contribution in [2.45, 2.75) is 48.0 Å². The second kappa shape index (κ2) is 20.3. The van der Waals surface area contributed by atoms with Crippen LogP contribution in [0.4, 0.5) is 17.3 Å². The van der Waals surface area contributed by atoms with E-state index < -0.39 is 0 Å². The Morgan fingerprint density at radius 2 is 1.42 bits per heavy atom. The Bertz CT molecular complexity index is 778. The molecule has 0 spiro atoms. The summed E-state index contributed by atoms with van der Waals surface area (Å²) in [5, 5.41) is 11.9. The summed E-state index contributed by atoms with van der Waals surface area (Å²) in [6, 6.07) is 18.0. The lowest BCUT2D eigenvalue weighted by molar-refractivity contribution is 0.299. The number of benzene rings is 2. The van der Waals surface area contributed by atoms with Crippen molar-refractivity contribution in [3.05, 3.63) is 77.6 Å². The molecule has 0 aliphatic carbocycles. The summed E-state index contributed by atoms with van der Waals surface area (Å²) in [5.74, 6) is 0.525. The van der Waals surface area contributed by atoms with Gasteiger partial charge in [0.25, 0.3) is 0 Å². The monoisotopic (exact) mass is 427 g/mol. The maximum Gasteiger partial charge on any atom is 0.227 e. The molecule has 1 aromatic heterocycles. The number of nitrogens with one attached hydrogen (secondary N) is 1. The molecule has 6 nitrogen and oxygen atoms in total. The fourth-order valence-corrected chi connectivity index (χ4v) is 2.08. The van der Waals surface area contributed by atoms with Crippen molar-refractivity contribution >= 4 is 17.3 Å². The van der Waals surface area contributed by atoms with Crippen molar-refractivity contribution in [2.24, 2.45) is 5.73 Å². The Morgan fingerprint density at radius 3 is 1.84 bits per heavy atom. The van der Waals surface area contributed by atoms with Crippen LogP contribution < -0.4 is 16.8 Å². The molecule has 0 saturated carbocycles. The van der Waals surface area contributed by atoms with Gasteiger partial charge in [-0.1, -0.05) is 75.7 Å². The van der Waals surface area contributed by atoms with Crippen LogP contribution in [0.3, 0.4) is 0 Å². The number of nitrogens with zero attached hydrogens (tertiary/aromatic N) is 2. The molecule has 0 aliphatic rings. The van der Waals surface area contributed by atoms with E-state index in [1.807, 2.05) is 77.1 Å². The quantitative estimate of drug-likeness (QED) is 0.451. The van der Waals surface area contributed by atoms with E-state index in [2.05, 4.69) is 40.1 Å². The Labute approximate surface area is 188 Å². The van der Waals surface area contributed by atoms with Gasteiger partial charge in [-0.3, -0.25) is 0 Å². The van der Waals surface area contributed by atoms with Gasteiger partial charge in [0, 0.05) is 12.3 Å². The number of anilines is 3. The number of aliphatic hydroxyl groups is 1. The Kier molecular flexibility index (Phi) is 19.8. The maximum atomic E-state index is 8.83. The molecule has 172 valence electrons. The van der Waals surface area contributed by atoms with E-state index in [-0.39, 0.29) is 6.61 Å². The Hall–Kier alpha value is -2.96. The van der Waals surface area contributed by atoms with E-state index >= 15 is 0 Å². The molecule has 6 heteroatoms. The van der Waals surface area contributed by atoms with Gasteiger partial charge in [0.05, 0.1) is 17.6 Å². The Morgan fingerprint density at radius 1 is 0.871 bits per heavy atom. The molecule has 0 fully saturated rings. The van der Waals surface area contributed by atoms with Crippen molar-refractivity contribution in [3.8, 4) is 0 Å². The van der Waals surface area contributed by atoms with Gasteiger partial charge in [-0.2, -0.15) is 0 Å². The first-order chi connectivity index (χ1) is 15.1. The van der Waals surface area contributed by atoms with Gasteiger partial charge in [-0.05, 0) is 45.0 Å². The van der Waals surface area contributed by atoms with Gasteiger partial charge in [0.1, 0.15) is 0 Å². The van der Waals surface area contributed by atoms with E-state index in [4.69, 9.17) is 10.8 Å². The average molecular weight is 428 g/mol. The predicted molar refractivity (Wildman–Crippen MR) is 136 cm³/mol. The van der Waals surface area contributed by atoms with Crippen LogP contribution in [0.5, 0.6) is 0 Å². The van der Waals surface area contributed by atoms with Gasteiger partial charge in [0.15, 0.2) is 0 Å². The highest BCUT2D eigenvalue weighted by molar-refractivity contribution is 5.55. The highest BCUT2D eigenvalue weighted by Gasteiger charge is 2.01. The van der Waals surface area contributed by atoms with Gasteiger partial charge in [-0.25, -0.2) is 9.97 Å². The number of rotatable bonds is 4. The van der Waals surface area contributed by atoms with Crippen molar-refractivity contribution in [1.82, 2.24) is 9.97 Å². The van der Waals surface area contributed by atoms with Crippen LogP contribution in [-0.2, 0) is 6.42 Å². The number of nitrogen functional groups attached to an aromatic ring is 1. The third-order valence-corrected chi connectivity index (χ3v) is 3.57. The topological polar surface area (TPSA) is 110 Å². The minimum atomic E-state index is 0.160. The van der Waals surface area contributed by atoms with Crippen molar-refractivity contribution in [1.29, 1.82) is 0 Å². The molecule has 2 aromatic carbocycles. The zero-order chi connectivity index (χ0) is 24.1. The van der Waals surface area contributed by atoms with Crippen LogP contribution >= 0.6 is 0 Å². The highest BCUT2D eigenvalue weighted by Crippen LogP contribution is 2.15. The van der Waals surface area contributed by atoms with E-state index in [0.29, 0.717) is 18.1 Å². The molecule has 3 aromatic rings. The van der Waals surface area contributed by atoms with Gasteiger partial charge in [-0.15, -0.1) is 0 Å². The molecule has 0 aliphatic heterocycles. The summed E-state index contributed by atoms with van der Waals surface area (Å²) in [7, 11) is 1.50. The largest absolute Gasteiger partial charge is 0.396 e. The number of aromatic nitrogens is 2. The fourth-order valence-electron chi connectivity index (χ4n) is 2.08. The van der Waals surface area contributed by atoms with Gasteiger partial charge in [0.2, 0.25) is 5.95 Å². The molecule has 0 unspecified atom stereocenters. The zero-order valence-corrected chi connectivity index (χ0v) is 20.2. The zero-order valence-electron chi connectivity index (χ0n) is 20.2. The molecule has 0 atom stereocenters. The lowest BCUT2D eigenvalue weighted by atomic mass is 10.1. The molecule has 31 heavy (non-hydrogen) atoms. The molecule has 0 saturated heterocycles. The minimum absolute atomic E-state index is 0.160. The standard InChI is InChI=1S/C13H16N4O.C7H8.2C2H6.CH5N/c1-9-12(14)8-15-13(16-9)17-11-4-2-10(3-5-11)6-7-18;1-7-5-3-2-4-6-7;3*1-2/h2-5,8,18H,6-7,14H2,1H3,(H,15,16,17);2-6H,1H3;2*1-2H3;2H2,1H3. The molecule has 3 rings (SSSR count). The van der Waals surface area contributed by atoms with E-state index in [1.54, 1.807) is 6.20 Å². The maximum absolute atomic E-state index is 8.83. The summed E-state index contributed by atoms with van der Waals surface area (Å²) >= 11 is 0. The van der Waals surface area contributed by atoms with Gasteiger partial charge < -0.3 is 21.9 Å². The third kappa shape index (κ3) is 13.8.